The lowest BCUT2D eigenvalue weighted by atomic mass is 9.65. The molecule has 2 nitrogen and oxygen atoms in total. The largest absolute Gasteiger partial charge is 0.493 e. The monoisotopic (exact) mass is 679 g/mol. The van der Waals surface area contributed by atoms with Crippen LogP contribution in [-0.2, 0) is 23.0 Å². The van der Waals surface area contributed by atoms with Crippen LogP contribution in [0.3, 0.4) is 0 Å². The number of fused-ring (bicyclic) bond motifs is 3. The van der Waals surface area contributed by atoms with Crippen molar-refractivity contribution in [3.05, 3.63) is 75.8 Å². The molecule has 0 saturated carbocycles. The molecule has 5 rings (SSSR count). The highest BCUT2D eigenvalue weighted by molar-refractivity contribution is 5.88. The lowest BCUT2D eigenvalue weighted by Gasteiger charge is -2.38. The van der Waals surface area contributed by atoms with Crippen molar-refractivity contribution in [2.45, 2.75) is 175 Å². The summed E-state index contributed by atoms with van der Waals surface area (Å²) in [7, 11) is 0. The summed E-state index contributed by atoms with van der Waals surface area (Å²) in [6.45, 7) is 14.0. The molecule has 0 spiro atoms. The molecule has 1 unspecified atom stereocenters. The third-order valence-corrected chi connectivity index (χ3v) is 11.9. The molecular weight excluding hydrogens is 609 g/mol. The summed E-state index contributed by atoms with van der Waals surface area (Å²) in [4.78, 5) is 0. The van der Waals surface area contributed by atoms with Gasteiger partial charge in [-0.25, -0.2) is 0 Å². The molecule has 0 aromatic heterocycles. The molecule has 2 aliphatic carbocycles. The highest BCUT2D eigenvalue weighted by Gasteiger charge is 2.46. The first-order chi connectivity index (χ1) is 24.5. The van der Waals surface area contributed by atoms with Crippen molar-refractivity contribution in [2.24, 2.45) is 0 Å². The predicted octanol–water partition coefficient (Wildman–Crippen LogP) is 14.2. The summed E-state index contributed by atoms with van der Waals surface area (Å²) in [5.41, 5.74) is 15.1. The number of ether oxygens (including phenoxy) is 2. The van der Waals surface area contributed by atoms with E-state index >= 15 is 0 Å². The average molecular weight is 679 g/mol. The first-order valence-electron chi connectivity index (χ1n) is 21.2. The van der Waals surface area contributed by atoms with E-state index in [0.717, 1.165) is 57.7 Å². The van der Waals surface area contributed by atoms with Crippen LogP contribution in [0.4, 0.5) is 0 Å². The Morgan fingerprint density at radius 1 is 0.600 bits per heavy atom. The van der Waals surface area contributed by atoms with Crippen LogP contribution in [-0.4, -0.2) is 19.8 Å². The van der Waals surface area contributed by atoms with E-state index in [9.17, 15) is 0 Å². The van der Waals surface area contributed by atoms with Gasteiger partial charge in [-0.2, -0.15) is 0 Å². The van der Waals surface area contributed by atoms with Gasteiger partial charge in [0.05, 0.1) is 6.61 Å². The highest BCUT2D eigenvalue weighted by atomic mass is 16.5. The van der Waals surface area contributed by atoms with E-state index < -0.39 is 0 Å². The van der Waals surface area contributed by atoms with Crippen LogP contribution < -0.4 is 4.74 Å². The van der Waals surface area contributed by atoms with Crippen molar-refractivity contribution in [3.8, 4) is 28.0 Å². The number of hydrogen-bond donors (Lipinski definition) is 0. The van der Waals surface area contributed by atoms with E-state index in [1.807, 2.05) is 0 Å². The topological polar surface area (TPSA) is 18.5 Å². The fourth-order valence-corrected chi connectivity index (χ4v) is 9.03. The van der Waals surface area contributed by atoms with Gasteiger partial charge in [-0.15, -0.1) is 0 Å². The molecule has 1 atom stereocenters. The van der Waals surface area contributed by atoms with Gasteiger partial charge in [0.25, 0.3) is 0 Å². The molecule has 0 fully saturated rings. The second-order valence-corrected chi connectivity index (χ2v) is 15.8. The predicted molar refractivity (Wildman–Crippen MR) is 216 cm³/mol. The van der Waals surface area contributed by atoms with Gasteiger partial charge >= 0.3 is 0 Å². The third-order valence-electron chi connectivity index (χ3n) is 11.9. The van der Waals surface area contributed by atoms with Crippen molar-refractivity contribution in [1.29, 1.82) is 0 Å². The Balaban J connectivity index is 1.47. The van der Waals surface area contributed by atoms with E-state index in [-0.39, 0.29) is 5.41 Å². The fraction of sp³-hybridized carbons (Fsp3) is 0.625. The van der Waals surface area contributed by atoms with Crippen LogP contribution in [0.15, 0.2) is 42.5 Å². The Hall–Kier alpha value is -2.58. The summed E-state index contributed by atoms with van der Waals surface area (Å²) in [5.74, 6) is 1.09. The van der Waals surface area contributed by atoms with E-state index in [2.05, 4.69) is 77.1 Å². The third kappa shape index (κ3) is 9.44. The molecule has 0 bridgehead atoms. The maximum Gasteiger partial charge on any atom is 0.127 e. The van der Waals surface area contributed by atoms with Crippen molar-refractivity contribution >= 4 is 0 Å². The average Bonchev–Trinajstić information content (AvgIpc) is 3.40. The van der Waals surface area contributed by atoms with Gasteiger partial charge in [0.1, 0.15) is 5.75 Å². The van der Waals surface area contributed by atoms with Gasteiger partial charge in [0, 0.05) is 24.2 Å². The molecule has 2 heteroatoms. The minimum atomic E-state index is 0.149. The van der Waals surface area contributed by atoms with Crippen LogP contribution >= 0.6 is 0 Å². The standard InChI is InChI=1S/C48H70O2/c1-6-9-12-14-16-19-29-48-30-22-24-42-40(27-28-43(47(42)48)41-26-25-37(4)34-45(41)48)44-36-39(23-18-21-32-49-31-11-8-3)38(5)35-46(44)50-33-20-17-15-13-10-7-2/h25-28,34-36H,6-24,29-33H2,1-5H3. The second-order valence-electron chi connectivity index (χ2n) is 15.8. The Labute approximate surface area is 307 Å². The summed E-state index contributed by atoms with van der Waals surface area (Å²) in [6, 6.07) is 17.2. The van der Waals surface area contributed by atoms with Crippen LogP contribution in [0.25, 0.3) is 22.3 Å². The van der Waals surface area contributed by atoms with Crippen LogP contribution in [0.1, 0.15) is 176 Å². The van der Waals surface area contributed by atoms with Crippen LogP contribution in [0.2, 0.25) is 0 Å². The minimum Gasteiger partial charge on any atom is -0.493 e. The SMILES string of the molecule is CCCCCCCCOc1cc(C)c(CCCCOCCCC)cc1-c1ccc2c3c1CCCC3(CCCCCCCC)c1cc(C)ccc1-2. The number of unbranched alkanes of at least 4 members (excludes halogenated alkanes) is 12. The zero-order valence-electron chi connectivity index (χ0n) is 32.8. The molecule has 50 heavy (non-hydrogen) atoms. The van der Waals surface area contributed by atoms with Gasteiger partial charge in [0.15, 0.2) is 0 Å². The first-order valence-corrected chi connectivity index (χ1v) is 21.2. The van der Waals surface area contributed by atoms with E-state index in [1.165, 1.54) is 142 Å². The van der Waals surface area contributed by atoms with Gasteiger partial charge in [-0.1, -0.05) is 134 Å². The fourth-order valence-electron chi connectivity index (χ4n) is 9.03. The smallest absolute Gasteiger partial charge is 0.127 e. The van der Waals surface area contributed by atoms with Gasteiger partial charge < -0.3 is 9.47 Å². The molecule has 0 heterocycles. The van der Waals surface area contributed by atoms with Gasteiger partial charge in [-0.3, -0.25) is 0 Å². The summed E-state index contributed by atoms with van der Waals surface area (Å²) >= 11 is 0. The molecule has 0 amide bonds. The number of hydrogen-bond acceptors (Lipinski definition) is 2. The van der Waals surface area contributed by atoms with Crippen molar-refractivity contribution in [2.75, 3.05) is 19.8 Å². The molecule has 2 aliphatic rings. The van der Waals surface area contributed by atoms with Gasteiger partial charge in [-0.05, 0) is 128 Å². The molecule has 0 saturated heterocycles. The normalized spacial score (nSPS) is 16.1. The van der Waals surface area contributed by atoms with E-state index in [1.54, 1.807) is 16.7 Å². The van der Waals surface area contributed by atoms with Crippen LogP contribution in [0, 0.1) is 13.8 Å². The Morgan fingerprint density at radius 3 is 2.04 bits per heavy atom. The molecule has 3 aromatic rings. The Morgan fingerprint density at radius 2 is 1.26 bits per heavy atom. The molecular formula is C48H70O2. The van der Waals surface area contributed by atoms with Crippen molar-refractivity contribution in [3.63, 3.8) is 0 Å². The van der Waals surface area contributed by atoms with E-state index in [0.29, 0.717) is 0 Å². The molecule has 0 N–H and O–H groups in total. The maximum absolute atomic E-state index is 6.77. The zero-order chi connectivity index (χ0) is 35.2. The lowest BCUT2D eigenvalue weighted by Crippen LogP contribution is -2.30. The van der Waals surface area contributed by atoms with Crippen LogP contribution in [0.5, 0.6) is 5.75 Å². The summed E-state index contributed by atoms with van der Waals surface area (Å²) < 4.78 is 12.7. The van der Waals surface area contributed by atoms with Crippen molar-refractivity contribution < 1.29 is 9.47 Å². The first kappa shape index (κ1) is 38.6. The molecule has 274 valence electrons. The summed E-state index contributed by atoms with van der Waals surface area (Å²) in [5, 5.41) is 0. The Bertz CT molecular complexity index is 1480. The lowest BCUT2D eigenvalue weighted by molar-refractivity contribution is 0.127. The van der Waals surface area contributed by atoms with Gasteiger partial charge in [0.2, 0.25) is 0 Å². The number of benzene rings is 3. The second kappa shape index (κ2) is 19.9. The van der Waals surface area contributed by atoms with Crippen molar-refractivity contribution in [1.82, 2.24) is 0 Å². The molecule has 0 aliphatic heterocycles. The maximum atomic E-state index is 6.77. The zero-order valence-corrected chi connectivity index (χ0v) is 32.8. The summed E-state index contributed by atoms with van der Waals surface area (Å²) in [6.07, 6.45) is 26.6. The quantitative estimate of drug-likeness (QED) is 0.0878. The molecule has 3 aromatic carbocycles. The number of aryl methyl sites for hydroxylation is 3. The van der Waals surface area contributed by atoms with E-state index in [4.69, 9.17) is 9.47 Å². The minimum absolute atomic E-state index is 0.149. The highest BCUT2D eigenvalue weighted by Crippen LogP contribution is 2.59. The Kier molecular flexibility index (Phi) is 15.4. The number of rotatable bonds is 24. The molecule has 0 radical (unpaired) electrons.